The molecule has 0 aromatic heterocycles. The van der Waals surface area contributed by atoms with Gasteiger partial charge in [0.1, 0.15) is 6.54 Å². The van der Waals surface area contributed by atoms with Crippen LogP contribution in [0.1, 0.15) is 27.2 Å². The first kappa shape index (κ1) is 14.6. The summed E-state index contributed by atoms with van der Waals surface area (Å²) >= 11 is 0. The zero-order valence-electron chi connectivity index (χ0n) is 11.4. The van der Waals surface area contributed by atoms with Crippen molar-refractivity contribution in [3.05, 3.63) is 0 Å². The molecule has 0 bridgehead atoms. The molecular weight excluding hydrogens is 234 g/mol. The van der Waals surface area contributed by atoms with E-state index in [9.17, 15) is 14.4 Å². The van der Waals surface area contributed by atoms with E-state index in [2.05, 4.69) is 5.32 Å². The summed E-state index contributed by atoms with van der Waals surface area (Å²) in [6, 6.07) is -0.313. The topological polar surface area (TPSA) is 69.7 Å². The summed E-state index contributed by atoms with van der Waals surface area (Å²) in [6.45, 7) is 5.58. The van der Waals surface area contributed by atoms with Gasteiger partial charge in [0.25, 0.3) is 0 Å². The van der Waals surface area contributed by atoms with Crippen LogP contribution in [0.4, 0.5) is 0 Å². The summed E-state index contributed by atoms with van der Waals surface area (Å²) < 4.78 is 0. The minimum Gasteiger partial charge on any atom is -0.342 e. The molecule has 1 unspecified atom stereocenters. The Kier molecular flexibility index (Phi) is 4.84. The fraction of sp³-hybridized carbons (Fsp3) is 0.750. The molecule has 18 heavy (non-hydrogen) atoms. The maximum Gasteiger partial charge on any atom is 0.246 e. The average molecular weight is 255 g/mol. The second kappa shape index (κ2) is 5.95. The molecule has 1 aliphatic rings. The molecule has 0 radical (unpaired) electrons. The van der Waals surface area contributed by atoms with Gasteiger partial charge in [-0.2, -0.15) is 0 Å². The molecule has 1 heterocycles. The number of nitrogens with zero attached hydrogens (tertiary/aromatic N) is 2. The molecule has 1 saturated heterocycles. The highest BCUT2D eigenvalue weighted by atomic mass is 16.2. The molecule has 1 N–H and O–H groups in total. The first-order valence-corrected chi connectivity index (χ1v) is 6.21. The first-order valence-electron chi connectivity index (χ1n) is 6.21. The minimum absolute atomic E-state index is 0.0487. The number of amides is 3. The lowest BCUT2D eigenvalue weighted by molar-refractivity contribution is -0.154. The van der Waals surface area contributed by atoms with Gasteiger partial charge in [-0.3, -0.25) is 24.6 Å². The Hall–Kier alpha value is -1.43. The molecule has 1 atom stereocenters. The van der Waals surface area contributed by atoms with Crippen molar-refractivity contribution in [1.29, 1.82) is 0 Å². The number of carbonyl (C=O) groups is 3. The van der Waals surface area contributed by atoms with Gasteiger partial charge in [0, 0.05) is 13.1 Å². The SMILES string of the molecule is CCC1NCC(=O)N(CC(=O)N(C)C(C)C)C1=O. The van der Waals surface area contributed by atoms with E-state index in [1.165, 1.54) is 4.90 Å². The van der Waals surface area contributed by atoms with Crippen LogP contribution in [0.25, 0.3) is 0 Å². The third kappa shape index (κ3) is 3.07. The Labute approximate surface area is 107 Å². The van der Waals surface area contributed by atoms with E-state index in [-0.39, 0.29) is 42.9 Å². The summed E-state index contributed by atoms with van der Waals surface area (Å²) in [7, 11) is 1.67. The number of hydrogen-bond acceptors (Lipinski definition) is 4. The number of hydrogen-bond donors (Lipinski definition) is 1. The van der Waals surface area contributed by atoms with Crippen molar-refractivity contribution in [2.45, 2.75) is 39.3 Å². The second-order valence-electron chi connectivity index (χ2n) is 4.76. The number of rotatable bonds is 4. The standard InChI is InChI=1S/C12H21N3O3/c1-5-9-12(18)15(10(16)6-13-9)7-11(17)14(4)8(2)3/h8-9,13H,5-7H2,1-4H3. The highest BCUT2D eigenvalue weighted by Gasteiger charge is 2.34. The number of carbonyl (C=O) groups excluding carboxylic acids is 3. The van der Waals surface area contributed by atoms with E-state index in [0.717, 1.165) is 4.90 Å². The molecule has 0 aromatic rings. The van der Waals surface area contributed by atoms with Crippen molar-refractivity contribution in [3.63, 3.8) is 0 Å². The molecule has 3 amide bonds. The van der Waals surface area contributed by atoms with Crippen LogP contribution in [-0.2, 0) is 14.4 Å². The van der Waals surface area contributed by atoms with Crippen molar-refractivity contribution < 1.29 is 14.4 Å². The molecule has 1 rings (SSSR count). The van der Waals surface area contributed by atoms with Crippen LogP contribution in [0.5, 0.6) is 0 Å². The lowest BCUT2D eigenvalue weighted by Gasteiger charge is -2.32. The van der Waals surface area contributed by atoms with E-state index in [1.54, 1.807) is 7.05 Å². The van der Waals surface area contributed by atoms with E-state index >= 15 is 0 Å². The van der Waals surface area contributed by atoms with Gasteiger partial charge in [-0.25, -0.2) is 0 Å². The molecule has 1 fully saturated rings. The fourth-order valence-electron chi connectivity index (χ4n) is 1.72. The lowest BCUT2D eigenvalue weighted by atomic mass is 10.1. The predicted octanol–water partition coefficient (Wildman–Crippen LogP) is -0.410. The molecule has 0 saturated carbocycles. The molecule has 1 aliphatic heterocycles. The Morgan fingerprint density at radius 3 is 2.61 bits per heavy atom. The Morgan fingerprint density at radius 2 is 2.11 bits per heavy atom. The maximum atomic E-state index is 12.0. The van der Waals surface area contributed by atoms with Crippen LogP contribution in [0.2, 0.25) is 0 Å². The van der Waals surface area contributed by atoms with E-state index in [4.69, 9.17) is 0 Å². The summed E-state index contributed by atoms with van der Waals surface area (Å²) in [5, 5.41) is 2.86. The van der Waals surface area contributed by atoms with Crippen LogP contribution >= 0.6 is 0 Å². The monoisotopic (exact) mass is 255 g/mol. The van der Waals surface area contributed by atoms with E-state index in [1.807, 2.05) is 20.8 Å². The normalized spacial score (nSPS) is 20.5. The summed E-state index contributed by atoms with van der Waals surface area (Å²) in [4.78, 5) is 38.1. The van der Waals surface area contributed by atoms with Gasteiger partial charge in [-0.15, -0.1) is 0 Å². The number of likely N-dealkylation sites (N-methyl/N-ethyl adjacent to an activating group) is 1. The number of piperazine rings is 1. The number of nitrogens with one attached hydrogen (secondary N) is 1. The third-order valence-corrected chi connectivity index (χ3v) is 3.23. The zero-order valence-corrected chi connectivity index (χ0v) is 11.4. The van der Waals surface area contributed by atoms with Gasteiger partial charge in [0.15, 0.2) is 0 Å². The Balaban J connectivity index is 2.72. The average Bonchev–Trinajstić information content (AvgIpc) is 2.33. The smallest absolute Gasteiger partial charge is 0.246 e. The zero-order chi connectivity index (χ0) is 13.9. The van der Waals surface area contributed by atoms with Gasteiger partial charge < -0.3 is 4.90 Å². The first-order chi connectivity index (χ1) is 8.38. The molecule has 0 aromatic carbocycles. The Bertz CT molecular complexity index is 354. The predicted molar refractivity (Wildman–Crippen MR) is 66.7 cm³/mol. The summed E-state index contributed by atoms with van der Waals surface area (Å²) in [5.74, 6) is -0.863. The highest BCUT2D eigenvalue weighted by molar-refractivity contribution is 6.03. The van der Waals surface area contributed by atoms with Crippen molar-refractivity contribution in [3.8, 4) is 0 Å². The maximum absolute atomic E-state index is 12.0. The largest absolute Gasteiger partial charge is 0.342 e. The van der Waals surface area contributed by atoms with Crippen LogP contribution in [0.3, 0.4) is 0 Å². The minimum atomic E-state index is -0.361. The van der Waals surface area contributed by atoms with Crippen LogP contribution < -0.4 is 5.32 Å². The molecule has 102 valence electrons. The molecule has 0 aliphatic carbocycles. The van der Waals surface area contributed by atoms with Crippen molar-refractivity contribution in [2.75, 3.05) is 20.1 Å². The van der Waals surface area contributed by atoms with Crippen molar-refractivity contribution >= 4 is 17.7 Å². The molecule has 0 spiro atoms. The van der Waals surface area contributed by atoms with Crippen molar-refractivity contribution in [2.24, 2.45) is 0 Å². The second-order valence-corrected chi connectivity index (χ2v) is 4.76. The van der Waals surface area contributed by atoms with Crippen LogP contribution in [-0.4, -0.2) is 59.7 Å². The lowest BCUT2D eigenvalue weighted by Crippen LogP contribution is -2.60. The van der Waals surface area contributed by atoms with Gasteiger partial charge in [-0.05, 0) is 20.3 Å². The summed E-state index contributed by atoms with van der Waals surface area (Å²) in [6.07, 6.45) is 0.608. The third-order valence-electron chi connectivity index (χ3n) is 3.23. The quantitative estimate of drug-likeness (QED) is 0.693. The molecular formula is C12H21N3O3. The highest BCUT2D eigenvalue weighted by Crippen LogP contribution is 2.07. The van der Waals surface area contributed by atoms with Crippen LogP contribution in [0.15, 0.2) is 0 Å². The van der Waals surface area contributed by atoms with Crippen molar-refractivity contribution in [1.82, 2.24) is 15.1 Å². The fourth-order valence-corrected chi connectivity index (χ4v) is 1.72. The van der Waals surface area contributed by atoms with E-state index < -0.39 is 0 Å². The summed E-state index contributed by atoms with van der Waals surface area (Å²) in [5.41, 5.74) is 0. The van der Waals surface area contributed by atoms with Gasteiger partial charge in [-0.1, -0.05) is 6.92 Å². The van der Waals surface area contributed by atoms with E-state index in [0.29, 0.717) is 6.42 Å². The van der Waals surface area contributed by atoms with Gasteiger partial charge in [0.05, 0.1) is 12.6 Å². The molecule has 6 nitrogen and oxygen atoms in total. The Morgan fingerprint density at radius 1 is 1.50 bits per heavy atom. The number of imide groups is 1. The molecule has 6 heteroatoms. The van der Waals surface area contributed by atoms with Crippen LogP contribution in [0, 0.1) is 0 Å². The van der Waals surface area contributed by atoms with Gasteiger partial charge in [0.2, 0.25) is 17.7 Å². The van der Waals surface area contributed by atoms with Gasteiger partial charge >= 0.3 is 0 Å².